The molecule has 1 aliphatic heterocycles. The summed E-state index contributed by atoms with van der Waals surface area (Å²) in [6.07, 6.45) is 6.76. The molecule has 1 saturated heterocycles. The number of thioether (sulfide) groups is 1. The average Bonchev–Trinajstić information content (AvgIpc) is 3.46. The van der Waals surface area contributed by atoms with Crippen molar-refractivity contribution in [1.82, 2.24) is 20.0 Å². The van der Waals surface area contributed by atoms with Crippen molar-refractivity contribution in [2.24, 2.45) is 23.7 Å². The van der Waals surface area contributed by atoms with Crippen molar-refractivity contribution < 1.29 is 4.79 Å². The van der Waals surface area contributed by atoms with Gasteiger partial charge >= 0.3 is 0 Å². The van der Waals surface area contributed by atoms with Gasteiger partial charge in [-0.3, -0.25) is 4.79 Å². The normalized spacial score (nSPS) is 27.5. The number of rotatable bonds is 6. The van der Waals surface area contributed by atoms with Gasteiger partial charge in [0.1, 0.15) is 5.82 Å². The number of fused-ring (bicyclic) bond motifs is 2. The Morgan fingerprint density at radius 2 is 2.15 bits per heavy atom. The maximum Gasteiger partial charge on any atom is 0.224 e. The molecule has 0 radical (unpaired) electrons. The maximum absolute atomic E-state index is 12.7. The van der Waals surface area contributed by atoms with Gasteiger partial charge in [-0.2, -0.15) is 0 Å². The first-order valence-corrected chi connectivity index (χ1v) is 10.7. The van der Waals surface area contributed by atoms with E-state index in [1.54, 1.807) is 0 Å². The van der Waals surface area contributed by atoms with E-state index in [1.165, 1.54) is 23.5 Å². The molecule has 138 valence electrons. The fourth-order valence-electron chi connectivity index (χ4n) is 4.33. The zero-order valence-electron chi connectivity index (χ0n) is 15.4. The number of hydrogen-bond donors (Lipinski definition) is 2. The summed E-state index contributed by atoms with van der Waals surface area (Å²) >= 11 is 1.93. The van der Waals surface area contributed by atoms with Gasteiger partial charge < -0.3 is 15.0 Å². The number of nitrogens with one attached hydrogen (secondary N) is 2. The molecule has 2 unspecified atom stereocenters. The second kappa shape index (κ2) is 5.99. The van der Waals surface area contributed by atoms with E-state index in [2.05, 4.69) is 47.2 Å². The number of nitrogens with zero attached hydrogens (tertiary/aromatic N) is 2. The summed E-state index contributed by atoms with van der Waals surface area (Å²) in [5.74, 6) is 4.43. The van der Waals surface area contributed by atoms with Gasteiger partial charge in [0, 0.05) is 22.8 Å². The van der Waals surface area contributed by atoms with Crippen LogP contribution in [0.1, 0.15) is 32.5 Å². The van der Waals surface area contributed by atoms with Gasteiger partial charge in [0.15, 0.2) is 0 Å². The minimum Gasteiger partial charge on any atom is -0.344 e. The Morgan fingerprint density at radius 1 is 1.38 bits per heavy atom. The van der Waals surface area contributed by atoms with Crippen LogP contribution >= 0.6 is 11.8 Å². The SMILES string of the molecule is CC(C)(NC(=O)C1C2CNC[C@@H]21)c1ncc2c(SCC3CC3)cccn12. The average molecular weight is 371 g/mol. The monoisotopic (exact) mass is 370 g/mol. The van der Waals surface area contributed by atoms with E-state index in [0.717, 1.165) is 30.3 Å². The lowest BCUT2D eigenvalue weighted by atomic mass is 10.0. The van der Waals surface area contributed by atoms with E-state index in [4.69, 9.17) is 4.98 Å². The third-order valence-electron chi connectivity index (χ3n) is 6.09. The second-order valence-corrected chi connectivity index (χ2v) is 9.65. The highest BCUT2D eigenvalue weighted by Crippen LogP contribution is 2.49. The molecule has 2 aromatic heterocycles. The summed E-state index contributed by atoms with van der Waals surface area (Å²) in [4.78, 5) is 18.7. The molecule has 2 saturated carbocycles. The number of hydrogen-bond acceptors (Lipinski definition) is 4. The van der Waals surface area contributed by atoms with Crippen molar-refractivity contribution in [3.05, 3.63) is 30.4 Å². The highest BCUT2D eigenvalue weighted by molar-refractivity contribution is 7.99. The van der Waals surface area contributed by atoms with Crippen molar-refractivity contribution in [1.29, 1.82) is 0 Å². The highest BCUT2D eigenvalue weighted by Gasteiger charge is 2.57. The molecule has 3 aliphatic rings. The van der Waals surface area contributed by atoms with Gasteiger partial charge in [-0.25, -0.2) is 4.98 Å². The van der Waals surface area contributed by atoms with E-state index in [9.17, 15) is 4.79 Å². The maximum atomic E-state index is 12.7. The van der Waals surface area contributed by atoms with E-state index < -0.39 is 5.54 Å². The molecule has 3 atom stereocenters. The Balaban J connectivity index is 1.36. The third-order valence-corrected chi connectivity index (χ3v) is 7.39. The molecule has 2 N–H and O–H groups in total. The number of carbonyl (C=O) groups is 1. The predicted octanol–water partition coefficient (Wildman–Crippen LogP) is 2.65. The molecule has 26 heavy (non-hydrogen) atoms. The summed E-state index contributed by atoms with van der Waals surface area (Å²) in [5.41, 5.74) is 0.649. The molecule has 5 nitrogen and oxygen atoms in total. The molecular weight excluding hydrogens is 344 g/mol. The molecule has 0 spiro atoms. The minimum absolute atomic E-state index is 0.183. The molecule has 2 aliphatic carbocycles. The van der Waals surface area contributed by atoms with Gasteiger partial charge in [-0.05, 0) is 69.7 Å². The van der Waals surface area contributed by atoms with Gasteiger partial charge in [-0.1, -0.05) is 0 Å². The molecular formula is C20H26N4OS. The second-order valence-electron chi connectivity index (χ2n) is 8.59. The van der Waals surface area contributed by atoms with E-state index in [0.29, 0.717) is 11.8 Å². The molecule has 6 heteroatoms. The molecule has 1 amide bonds. The topological polar surface area (TPSA) is 58.4 Å². The van der Waals surface area contributed by atoms with E-state index >= 15 is 0 Å². The Morgan fingerprint density at radius 3 is 2.88 bits per heavy atom. The lowest BCUT2D eigenvalue weighted by molar-refractivity contribution is -0.124. The zero-order valence-corrected chi connectivity index (χ0v) is 16.2. The molecule has 2 aromatic rings. The summed E-state index contributed by atoms with van der Waals surface area (Å²) in [6.45, 7) is 6.08. The predicted molar refractivity (Wildman–Crippen MR) is 103 cm³/mol. The number of pyridine rings is 1. The van der Waals surface area contributed by atoms with Crippen LogP contribution in [0.2, 0.25) is 0 Å². The largest absolute Gasteiger partial charge is 0.344 e. The lowest BCUT2D eigenvalue weighted by Crippen LogP contribution is -2.44. The number of piperidine rings is 1. The Labute approximate surface area is 158 Å². The number of imidazole rings is 1. The standard InChI is InChI=1S/C20H26N4OS/c1-20(2,23-18(25)17-13-8-21-9-14(13)17)19-22-10-15-16(4-3-7-24(15)19)26-11-12-5-6-12/h3-4,7,10,12-14,17,21H,5-6,8-9,11H2,1-2H3,(H,23,25)/t13-,14?,17?/m0/s1. The van der Waals surface area contributed by atoms with Crippen molar-refractivity contribution in [3.8, 4) is 0 Å². The third kappa shape index (κ3) is 2.83. The zero-order chi connectivity index (χ0) is 17.9. The summed E-state index contributed by atoms with van der Waals surface area (Å²) in [6, 6.07) is 4.26. The Hall–Kier alpha value is -1.53. The molecule has 3 fully saturated rings. The van der Waals surface area contributed by atoms with Crippen LogP contribution in [0, 0.1) is 23.7 Å². The summed E-state index contributed by atoms with van der Waals surface area (Å²) in [7, 11) is 0. The molecule has 0 bridgehead atoms. The number of amides is 1. The first-order valence-electron chi connectivity index (χ1n) is 9.67. The molecule has 0 aromatic carbocycles. The fraction of sp³-hybridized carbons (Fsp3) is 0.600. The quantitative estimate of drug-likeness (QED) is 0.768. The van der Waals surface area contributed by atoms with Crippen LogP contribution in [0.25, 0.3) is 5.52 Å². The minimum atomic E-state index is -0.492. The summed E-state index contributed by atoms with van der Waals surface area (Å²) in [5, 5.41) is 6.62. The van der Waals surface area contributed by atoms with Crippen LogP contribution in [-0.4, -0.2) is 34.1 Å². The van der Waals surface area contributed by atoms with Crippen LogP contribution in [-0.2, 0) is 10.3 Å². The smallest absolute Gasteiger partial charge is 0.224 e. The lowest BCUT2D eigenvalue weighted by Gasteiger charge is -2.26. The summed E-state index contributed by atoms with van der Waals surface area (Å²) < 4.78 is 2.14. The van der Waals surface area contributed by atoms with Crippen LogP contribution in [0.5, 0.6) is 0 Å². The molecule has 5 rings (SSSR count). The first kappa shape index (κ1) is 16.6. The van der Waals surface area contributed by atoms with Crippen LogP contribution in [0.3, 0.4) is 0 Å². The Kier molecular flexibility index (Phi) is 3.83. The van der Waals surface area contributed by atoms with Crippen LogP contribution < -0.4 is 10.6 Å². The van der Waals surface area contributed by atoms with E-state index in [-0.39, 0.29) is 11.8 Å². The van der Waals surface area contributed by atoms with Crippen LogP contribution in [0.15, 0.2) is 29.4 Å². The number of carbonyl (C=O) groups excluding carboxylic acids is 1. The first-order chi connectivity index (χ1) is 12.5. The number of aromatic nitrogens is 2. The van der Waals surface area contributed by atoms with Crippen molar-refractivity contribution in [2.45, 2.75) is 37.1 Å². The fourth-order valence-corrected chi connectivity index (χ4v) is 5.55. The van der Waals surface area contributed by atoms with Gasteiger partial charge in [0.2, 0.25) is 5.91 Å². The highest BCUT2D eigenvalue weighted by atomic mass is 32.2. The van der Waals surface area contributed by atoms with Crippen molar-refractivity contribution >= 4 is 23.2 Å². The Bertz CT molecular complexity index is 847. The van der Waals surface area contributed by atoms with Crippen molar-refractivity contribution in [2.75, 3.05) is 18.8 Å². The van der Waals surface area contributed by atoms with E-state index in [1.807, 2.05) is 18.0 Å². The van der Waals surface area contributed by atoms with Gasteiger partial charge in [0.05, 0.1) is 17.3 Å². The van der Waals surface area contributed by atoms with Gasteiger partial charge in [-0.15, -0.1) is 11.8 Å². The molecule has 3 heterocycles. The van der Waals surface area contributed by atoms with Crippen LogP contribution in [0.4, 0.5) is 0 Å². The van der Waals surface area contributed by atoms with Gasteiger partial charge in [0.25, 0.3) is 0 Å². The van der Waals surface area contributed by atoms with Crippen molar-refractivity contribution in [3.63, 3.8) is 0 Å².